The van der Waals surface area contributed by atoms with Gasteiger partial charge < -0.3 is 20.7 Å². The van der Waals surface area contributed by atoms with Gasteiger partial charge in [-0.3, -0.25) is 14.3 Å². The van der Waals surface area contributed by atoms with E-state index < -0.39 is 24.0 Å². The highest BCUT2D eigenvalue weighted by Gasteiger charge is 2.36. The molecule has 5 N–H and O–H groups in total. The first-order valence-electron chi connectivity index (χ1n) is 14.9. The van der Waals surface area contributed by atoms with E-state index in [4.69, 9.17) is 15.7 Å². The van der Waals surface area contributed by atoms with Crippen molar-refractivity contribution in [3.05, 3.63) is 111 Å². The van der Waals surface area contributed by atoms with Gasteiger partial charge in [0.2, 0.25) is 5.95 Å². The molecule has 0 radical (unpaired) electrons. The highest BCUT2D eigenvalue weighted by atomic mass is 16.5. The second-order valence-electron chi connectivity index (χ2n) is 11.4. The van der Waals surface area contributed by atoms with Crippen LogP contribution in [0, 0.1) is 35.0 Å². The first-order valence-corrected chi connectivity index (χ1v) is 14.9. The molecule has 7 aromatic rings. The molecule has 3 atom stereocenters. The molecular weight excluding hydrogens is 592 g/mol. The number of ether oxygens (including phenoxy) is 1. The monoisotopic (exact) mass is 616 g/mol. The predicted octanol–water partition coefficient (Wildman–Crippen LogP) is 3.91. The van der Waals surface area contributed by atoms with Gasteiger partial charge in [0.15, 0.2) is 17.0 Å². The number of nitrogens with zero attached hydrogens (tertiary/aromatic N) is 4. The molecule has 0 unspecified atom stereocenters. The van der Waals surface area contributed by atoms with Gasteiger partial charge in [-0.1, -0.05) is 54.2 Å². The molecule has 1 aliphatic heterocycles. The number of nitrogen functional groups attached to an aromatic ring is 1. The summed E-state index contributed by atoms with van der Waals surface area (Å²) >= 11 is 0. The zero-order valence-electron chi connectivity index (χ0n) is 24.7. The van der Waals surface area contributed by atoms with Crippen LogP contribution in [0.1, 0.15) is 40.7 Å². The molecule has 8 rings (SSSR count). The number of nitriles is 1. The number of aromatic nitrogens is 4. The van der Waals surface area contributed by atoms with E-state index in [-0.39, 0.29) is 36.0 Å². The number of hydrogen-bond acceptors (Lipinski definition) is 8. The maximum Gasteiger partial charge on any atom is 0.280 e. The Kier molecular flexibility index (Phi) is 6.61. The number of rotatable bonds is 2. The molecule has 226 valence electrons. The average molecular weight is 617 g/mol. The summed E-state index contributed by atoms with van der Waals surface area (Å²) in [6, 6.07) is 25.7. The molecule has 1 saturated heterocycles. The first-order chi connectivity index (χ1) is 22.9. The Hall–Kier alpha value is -6.22. The lowest BCUT2D eigenvalue weighted by molar-refractivity contribution is -0.0434. The molecule has 0 saturated carbocycles. The number of benzene rings is 5. The van der Waals surface area contributed by atoms with Crippen molar-refractivity contribution in [2.24, 2.45) is 0 Å². The molecule has 1 aliphatic rings. The van der Waals surface area contributed by atoms with Crippen LogP contribution in [0.15, 0.2) is 77.6 Å². The number of aliphatic hydroxyl groups excluding tert-OH is 2. The van der Waals surface area contributed by atoms with E-state index in [9.17, 15) is 15.0 Å². The SMILES string of the molecule is N#Cc1ccc(C#Cc2ccc3ccc4c(C#Cc5nc6c(=O)[nH]c(N)nc6n5[C@H]5C[C@H](O)[C@@H](CO)O5)ccc5ccc2c3c54)cc1. The topological polar surface area (TPSA) is 163 Å². The van der Waals surface area contributed by atoms with Crippen LogP contribution in [0.4, 0.5) is 5.95 Å². The minimum atomic E-state index is -0.918. The fourth-order valence-corrected chi connectivity index (χ4v) is 6.31. The fraction of sp³-hybridized carbons (Fsp3) is 0.135. The number of aliphatic hydroxyl groups is 2. The molecule has 0 spiro atoms. The van der Waals surface area contributed by atoms with Gasteiger partial charge in [-0.25, -0.2) is 4.98 Å². The molecule has 1 fully saturated rings. The summed E-state index contributed by atoms with van der Waals surface area (Å²) in [6.07, 6.45) is -2.34. The van der Waals surface area contributed by atoms with Crippen molar-refractivity contribution in [2.45, 2.75) is 24.9 Å². The second-order valence-corrected chi connectivity index (χ2v) is 11.4. The van der Waals surface area contributed by atoms with Crippen LogP contribution < -0.4 is 11.3 Å². The summed E-state index contributed by atoms with van der Waals surface area (Å²) in [7, 11) is 0. The zero-order chi connectivity index (χ0) is 32.2. The Morgan fingerprint density at radius 1 is 0.872 bits per heavy atom. The van der Waals surface area contributed by atoms with Crippen LogP contribution in [-0.2, 0) is 4.74 Å². The van der Waals surface area contributed by atoms with Crippen LogP contribution in [-0.4, -0.2) is 48.5 Å². The Bertz CT molecular complexity index is 2610. The number of nitrogens with two attached hydrogens (primary N) is 1. The van der Waals surface area contributed by atoms with E-state index in [2.05, 4.69) is 75.0 Å². The highest BCUT2D eigenvalue weighted by Crippen LogP contribution is 2.37. The van der Waals surface area contributed by atoms with Crippen molar-refractivity contribution in [3.8, 4) is 29.8 Å². The lowest BCUT2D eigenvalue weighted by Crippen LogP contribution is -2.24. The predicted molar refractivity (Wildman–Crippen MR) is 177 cm³/mol. The van der Waals surface area contributed by atoms with Crippen LogP contribution in [0.25, 0.3) is 43.5 Å². The Balaban J connectivity index is 1.27. The van der Waals surface area contributed by atoms with Gasteiger partial charge in [-0.15, -0.1) is 0 Å². The number of aromatic amines is 1. The Labute approximate surface area is 267 Å². The first kappa shape index (κ1) is 28.3. The van der Waals surface area contributed by atoms with Gasteiger partial charge in [0.05, 0.1) is 24.3 Å². The highest BCUT2D eigenvalue weighted by molar-refractivity contribution is 6.24. The summed E-state index contributed by atoms with van der Waals surface area (Å²) in [6.45, 7) is -0.368. The summed E-state index contributed by atoms with van der Waals surface area (Å²) < 4.78 is 7.46. The molecule has 0 bridgehead atoms. The van der Waals surface area contributed by atoms with Gasteiger partial charge in [0.25, 0.3) is 5.56 Å². The molecule has 2 aromatic heterocycles. The molecule has 47 heavy (non-hydrogen) atoms. The summed E-state index contributed by atoms with van der Waals surface area (Å²) in [4.78, 5) is 24.0. The van der Waals surface area contributed by atoms with Gasteiger partial charge in [0.1, 0.15) is 12.3 Å². The van der Waals surface area contributed by atoms with Gasteiger partial charge >= 0.3 is 0 Å². The van der Waals surface area contributed by atoms with Crippen LogP contribution >= 0.6 is 0 Å². The third kappa shape index (κ3) is 4.71. The number of imidazole rings is 1. The van der Waals surface area contributed by atoms with E-state index >= 15 is 0 Å². The third-order valence-corrected chi connectivity index (χ3v) is 8.57. The summed E-state index contributed by atoms with van der Waals surface area (Å²) in [5, 5.41) is 35.4. The Morgan fingerprint density at radius 2 is 1.49 bits per heavy atom. The number of fused-ring (bicyclic) bond motifs is 1. The van der Waals surface area contributed by atoms with Crippen molar-refractivity contribution in [2.75, 3.05) is 12.3 Å². The number of nitrogens with one attached hydrogen (secondary N) is 1. The number of H-pyrrole nitrogens is 1. The molecule has 3 heterocycles. The van der Waals surface area contributed by atoms with Gasteiger partial charge in [-0.05, 0) is 74.6 Å². The van der Waals surface area contributed by atoms with E-state index in [0.717, 1.165) is 49.0 Å². The average Bonchev–Trinajstić information content (AvgIpc) is 3.65. The van der Waals surface area contributed by atoms with E-state index in [1.54, 1.807) is 16.7 Å². The van der Waals surface area contributed by atoms with Gasteiger partial charge in [-0.2, -0.15) is 10.2 Å². The van der Waals surface area contributed by atoms with E-state index in [0.29, 0.717) is 5.56 Å². The standard InChI is InChI=1S/C37H24N6O4/c38-18-21-3-1-20(2-4-21)5-6-22-7-9-24-12-15-27-23(8-10-25-11-14-26(22)32(24)33(25)27)13-16-30-40-34-35(41-37(39)42-36(34)46)43(30)31-17-28(45)29(19-44)47-31/h1-4,7-12,14-15,28-29,31,44-45H,17,19H2,(H3,39,41,42,46)/t28-,29+,31+/m0/s1. The van der Waals surface area contributed by atoms with Crippen molar-refractivity contribution in [1.29, 1.82) is 5.26 Å². The molecule has 0 amide bonds. The van der Waals surface area contributed by atoms with E-state index in [1.807, 2.05) is 30.3 Å². The summed E-state index contributed by atoms with van der Waals surface area (Å²) in [5.74, 6) is 13.0. The van der Waals surface area contributed by atoms with E-state index in [1.165, 1.54) is 0 Å². The fourth-order valence-electron chi connectivity index (χ4n) is 6.31. The quantitative estimate of drug-likeness (QED) is 0.168. The maximum absolute atomic E-state index is 12.7. The maximum atomic E-state index is 12.7. The van der Waals surface area contributed by atoms with Gasteiger partial charge in [0, 0.05) is 23.1 Å². The third-order valence-electron chi connectivity index (χ3n) is 8.57. The largest absolute Gasteiger partial charge is 0.394 e. The van der Waals surface area contributed by atoms with Crippen LogP contribution in [0.2, 0.25) is 0 Å². The minimum Gasteiger partial charge on any atom is -0.394 e. The normalized spacial score (nSPS) is 17.5. The van der Waals surface area contributed by atoms with Crippen molar-refractivity contribution in [1.82, 2.24) is 19.5 Å². The molecule has 5 aromatic carbocycles. The molecule has 10 nitrogen and oxygen atoms in total. The Morgan fingerprint density at radius 3 is 2.11 bits per heavy atom. The summed E-state index contributed by atoms with van der Waals surface area (Å²) in [5.41, 5.74) is 8.60. The molecule has 10 heteroatoms. The van der Waals surface area contributed by atoms with Crippen molar-refractivity contribution >= 4 is 49.4 Å². The number of hydrogen-bond donors (Lipinski definition) is 4. The minimum absolute atomic E-state index is 0.0408. The zero-order valence-corrected chi connectivity index (χ0v) is 24.7. The van der Waals surface area contributed by atoms with Crippen LogP contribution in [0.3, 0.4) is 0 Å². The van der Waals surface area contributed by atoms with Crippen molar-refractivity contribution < 1.29 is 14.9 Å². The molecular formula is C37H24N6O4. The number of anilines is 1. The lowest BCUT2D eigenvalue weighted by atomic mass is 9.90. The van der Waals surface area contributed by atoms with Crippen molar-refractivity contribution in [3.63, 3.8) is 0 Å². The lowest BCUT2D eigenvalue weighted by Gasteiger charge is -2.15. The smallest absolute Gasteiger partial charge is 0.280 e. The molecule has 0 aliphatic carbocycles. The van der Waals surface area contributed by atoms with Crippen LogP contribution in [0.5, 0.6) is 0 Å². The second kappa shape index (κ2) is 11.0.